The van der Waals surface area contributed by atoms with Crippen molar-refractivity contribution in [2.75, 3.05) is 11.9 Å². The van der Waals surface area contributed by atoms with Gasteiger partial charge in [-0.05, 0) is 6.42 Å². The fourth-order valence-corrected chi connectivity index (χ4v) is 1.45. The molecule has 94 valence electrons. The molecule has 7 nitrogen and oxygen atoms in total. The third-order valence-corrected chi connectivity index (χ3v) is 2.31. The quantitative estimate of drug-likeness (QED) is 0.736. The molecule has 18 heavy (non-hydrogen) atoms. The summed E-state index contributed by atoms with van der Waals surface area (Å²) in [5.41, 5.74) is -0.0605. The lowest BCUT2D eigenvalue weighted by atomic mass is 10.4. The third kappa shape index (κ3) is 3.27. The summed E-state index contributed by atoms with van der Waals surface area (Å²) in [5.74, 6) is -0.606. The van der Waals surface area contributed by atoms with Crippen molar-refractivity contribution in [3.8, 4) is 0 Å². The van der Waals surface area contributed by atoms with Crippen LogP contribution in [0.25, 0.3) is 0 Å². The second-order valence-corrected chi connectivity index (χ2v) is 3.68. The molecular formula is C11H13N5O2. The minimum atomic E-state index is -1.08. The second kappa shape index (κ2) is 5.76. The van der Waals surface area contributed by atoms with Gasteiger partial charge in [0.1, 0.15) is 5.82 Å². The van der Waals surface area contributed by atoms with Crippen LogP contribution in [0.2, 0.25) is 0 Å². The Morgan fingerprint density at radius 1 is 1.39 bits per heavy atom. The van der Waals surface area contributed by atoms with Gasteiger partial charge in [-0.1, -0.05) is 0 Å². The zero-order chi connectivity index (χ0) is 12.8. The van der Waals surface area contributed by atoms with E-state index in [1.165, 1.54) is 12.4 Å². The number of anilines is 1. The van der Waals surface area contributed by atoms with Crippen molar-refractivity contribution in [1.82, 2.24) is 19.5 Å². The van der Waals surface area contributed by atoms with Crippen LogP contribution in [-0.2, 0) is 6.54 Å². The summed E-state index contributed by atoms with van der Waals surface area (Å²) >= 11 is 0. The first kappa shape index (κ1) is 12.0. The van der Waals surface area contributed by atoms with E-state index in [9.17, 15) is 4.79 Å². The van der Waals surface area contributed by atoms with E-state index in [1.807, 2.05) is 10.8 Å². The molecule has 2 heterocycles. The van der Waals surface area contributed by atoms with E-state index in [4.69, 9.17) is 5.11 Å². The molecule has 2 N–H and O–H groups in total. The largest absolute Gasteiger partial charge is 0.476 e. The zero-order valence-electron chi connectivity index (χ0n) is 9.65. The van der Waals surface area contributed by atoms with Crippen molar-refractivity contribution in [1.29, 1.82) is 0 Å². The van der Waals surface area contributed by atoms with Gasteiger partial charge in [-0.15, -0.1) is 0 Å². The second-order valence-electron chi connectivity index (χ2n) is 3.68. The van der Waals surface area contributed by atoms with Gasteiger partial charge >= 0.3 is 5.97 Å². The van der Waals surface area contributed by atoms with E-state index >= 15 is 0 Å². The lowest BCUT2D eigenvalue weighted by molar-refractivity contribution is 0.0690. The molecule has 7 heteroatoms. The van der Waals surface area contributed by atoms with Crippen molar-refractivity contribution in [2.24, 2.45) is 0 Å². The van der Waals surface area contributed by atoms with Gasteiger partial charge in [0.15, 0.2) is 5.69 Å². The van der Waals surface area contributed by atoms with Crippen LogP contribution in [0.4, 0.5) is 5.82 Å². The smallest absolute Gasteiger partial charge is 0.356 e. The van der Waals surface area contributed by atoms with Crippen molar-refractivity contribution in [3.63, 3.8) is 0 Å². The van der Waals surface area contributed by atoms with Gasteiger partial charge in [-0.3, -0.25) is 4.98 Å². The zero-order valence-corrected chi connectivity index (χ0v) is 9.65. The van der Waals surface area contributed by atoms with E-state index in [-0.39, 0.29) is 5.69 Å². The molecule has 0 radical (unpaired) electrons. The lowest BCUT2D eigenvalue weighted by Gasteiger charge is -2.06. The Morgan fingerprint density at radius 3 is 3.00 bits per heavy atom. The van der Waals surface area contributed by atoms with Crippen LogP contribution >= 0.6 is 0 Å². The molecule has 2 aromatic rings. The van der Waals surface area contributed by atoms with Gasteiger partial charge in [0.25, 0.3) is 0 Å². The topological polar surface area (TPSA) is 92.9 Å². The maximum atomic E-state index is 10.7. The number of aromatic carboxylic acids is 1. The molecule has 0 atom stereocenters. The Balaban J connectivity index is 1.79. The minimum absolute atomic E-state index is 0.0605. The number of nitrogens with one attached hydrogen (secondary N) is 1. The van der Waals surface area contributed by atoms with Crippen LogP contribution in [0.3, 0.4) is 0 Å². The number of carboxylic acid groups (broad SMARTS) is 1. The Kier molecular flexibility index (Phi) is 3.85. The van der Waals surface area contributed by atoms with E-state index < -0.39 is 5.97 Å². The highest BCUT2D eigenvalue weighted by Gasteiger charge is 2.05. The number of aromatic nitrogens is 4. The van der Waals surface area contributed by atoms with Gasteiger partial charge in [0, 0.05) is 25.5 Å². The Hall–Kier alpha value is -2.44. The summed E-state index contributed by atoms with van der Waals surface area (Å²) < 4.78 is 1.97. The monoisotopic (exact) mass is 247 g/mol. The van der Waals surface area contributed by atoms with E-state index in [0.29, 0.717) is 12.4 Å². The fourth-order valence-electron chi connectivity index (χ4n) is 1.45. The number of carboxylic acids is 1. The maximum Gasteiger partial charge on any atom is 0.356 e. The first-order valence-electron chi connectivity index (χ1n) is 5.50. The Bertz CT molecular complexity index is 512. The molecule has 0 fully saturated rings. The molecule has 0 spiro atoms. The summed E-state index contributed by atoms with van der Waals surface area (Å²) in [6, 6.07) is 0. The summed E-state index contributed by atoms with van der Waals surface area (Å²) in [4.78, 5) is 22.4. The minimum Gasteiger partial charge on any atom is -0.476 e. The summed E-state index contributed by atoms with van der Waals surface area (Å²) in [6.07, 6.45) is 8.99. The first-order chi connectivity index (χ1) is 8.75. The van der Waals surface area contributed by atoms with Crippen LogP contribution < -0.4 is 5.32 Å². The highest BCUT2D eigenvalue weighted by atomic mass is 16.4. The molecular weight excluding hydrogens is 234 g/mol. The first-order valence-corrected chi connectivity index (χ1v) is 5.50. The van der Waals surface area contributed by atoms with Crippen LogP contribution in [0.5, 0.6) is 0 Å². The molecule has 0 amide bonds. The van der Waals surface area contributed by atoms with Crippen LogP contribution in [-0.4, -0.2) is 37.1 Å². The van der Waals surface area contributed by atoms with Crippen molar-refractivity contribution >= 4 is 11.8 Å². The number of rotatable bonds is 6. The van der Waals surface area contributed by atoms with Crippen molar-refractivity contribution in [3.05, 3.63) is 36.8 Å². The molecule has 0 saturated carbocycles. The van der Waals surface area contributed by atoms with Crippen LogP contribution in [0.15, 0.2) is 31.1 Å². The van der Waals surface area contributed by atoms with Gasteiger partial charge in [0.2, 0.25) is 0 Å². The van der Waals surface area contributed by atoms with E-state index in [2.05, 4.69) is 20.3 Å². The van der Waals surface area contributed by atoms with Crippen molar-refractivity contribution in [2.45, 2.75) is 13.0 Å². The number of imidazole rings is 1. The maximum absolute atomic E-state index is 10.7. The lowest BCUT2D eigenvalue weighted by Crippen LogP contribution is -2.09. The predicted molar refractivity (Wildman–Crippen MR) is 64.3 cm³/mol. The molecule has 0 unspecified atom stereocenters. The number of carbonyl (C=O) groups is 1. The number of hydrogen-bond acceptors (Lipinski definition) is 5. The van der Waals surface area contributed by atoms with Gasteiger partial charge in [-0.25, -0.2) is 14.8 Å². The molecule has 0 saturated heterocycles. The molecule has 0 aromatic carbocycles. The SMILES string of the molecule is O=C(O)c1cncc(NCCCn2ccnc2)n1. The standard InChI is InChI=1S/C11H13N5O2/c17-11(18)9-6-13-7-10(15-9)14-2-1-4-16-5-3-12-8-16/h3,5-8H,1-2,4H2,(H,14,15)(H,17,18). The normalized spacial score (nSPS) is 10.2. The fraction of sp³-hybridized carbons (Fsp3) is 0.273. The van der Waals surface area contributed by atoms with Crippen LogP contribution in [0, 0.1) is 0 Å². The molecule has 0 bridgehead atoms. The average molecular weight is 247 g/mol. The molecule has 2 rings (SSSR count). The van der Waals surface area contributed by atoms with Crippen LogP contribution in [0.1, 0.15) is 16.9 Å². The molecule has 0 aliphatic rings. The van der Waals surface area contributed by atoms with Gasteiger partial charge < -0.3 is 15.0 Å². The predicted octanol–water partition coefficient (Wildman–Crippen LogP) is 0.873. The Morgan fingerprint density at radius 2 is 2.28 bits per heavy atom. The highest BCUT2D eigenvalue weighted by Crippen LogP contribution is 2.02. The number of nitrogens with zero attached hydrogens (tertiary/aromatic N) is 4. The summed E-state index contributed by atoms with van der Waals surface area (Å²) in [6.45, 7) is 1.54. The molecule has 0 aliphatic carbocycles. The van der Waals surface area contributed by atoms with E-state index in [0.717, 1.165) is 13.0 Å². The Labute approximate surface area is 104 Å². The molecule has 2 aromatic heterocycles. The van der Waals surface area contributed by atoms with Gasteiger partial charge in [0.05, 0.1) is 18.7 Å². The third-order valence-electron chi connectivity index (χ3n) is 2.31. The van der Waals surface area contributed by atoms with Crippen molar-refractivity contribution < 1.29 is 9.90 Å². The summed E-state index contributed by atoms with van der Waals surface area (Å²) in [7, 11) is 0. The number of aryl methyl sites for hydroxylation is 1. The highest BCUT2D eigenvalue weighted by molar-refractivity contribution is 5.85. The summed E-state index contributed by atoms with van der Waals surface area (Å²) in [5, 5.41) is 11.8. The number of hydrogen-bond donors (Lipinski definition) is 2. The molecule has 0 aliphatic heterocycles. The van der Waals surface area contributed by atoms with E-state index in [1.54, 1.807) is 12.5 Å². The average Bonchev–Trinajstić information content (AvgIpc) is 2.88. The van der Waals surface area contributed by atoms with Gasteiger partial charge in [-0.2, -0.15) is 0 Å².